The summed E-state index contributed by atoms with van der Waals surface area (Å²) in [6.07, 6.45) is 1.44. The number of anilines is 1. The van der Waals surface area contributed by atoms with E-state index in [9.17, 15) is 0 Å². The molecule has 0 saturated heterocycles. The van der Waals surface area contributed by atoms with E-state index in [0.29, 0.717) is 16.6 Å². The number of aromatic nitrogens is 4. The van der Waals surface area contributed by atoms with Gasteiger partial charge in [-0.25, -0.2) is 9.67 Å². The summed E-state index contributed by atoms with van der Waals surface area (Å²) < 4.78 is 5.60. The number of nitrogens with zero attached hydrogens (tertiary/aromatic N) is 6. The Morgan fingerprint density at radius 1 is 1.13 bits per heavy atom. The molecule has 7 nitrogen and oxygen atoms in total. The first kappa shape index (κ1) is 15.3. The summed E-state index contributed by atoms with van der Waals surface area (Å²) >= 11 is 1.18. The molecule has 3 aromatic rings. The number of para-hydroxylation sites is 1. The van der Waals surface area contributed by atoms with Crippen molar-refractivity contribution < 1.29 is 0 Å². The van der Waals surface area contributed by atoms with E-state index >= 15 is 0 Å². The lowest BCUT2D eigenvalue weighted by Gasteiger charge is -2.15. The molecule has 0 aliphatic rings. The Bertz CT molecular complexity index is 814. The van der Waals surface area contributed by atoms with Crippen LogP contribution in [0.2, 0.25) is 0 Å². The van der Waals surface area contributed by atoms with Crippen LogP contribution >= 0.6 is 11.5 Å². The Balaban J connectivity index is 2.12. The highest BCUT2D eigenvalue weighted by molar-refractivity contribution is 7.09. The van der Waals surface area contributed by atoms with Crippen LogP contribution in [0.25, 0.3) is 5.69 Å². The summed E-state index contributed by atoms with van der Waals surface area (Å²) in [5, 5.41) is 13.5. The van der Waals surface area contributed by atoms with Gasteiger partial charge in [0.25, 0.3) is 0 Å². The average Bonchev–Trinajstić information content (AvgIpc) is 3.13. The van der Waals surface area contributed by atoms with Crippen molar-refractivity contribution in [2.45, 2.75) is 26.2 Å². The lowest BCUT2D eigenvalue weighted by atomic mass is 9.91. The lowest BCUT2D eigenvalue weighted by Crippen LogP contribution is -2.13. The normalized spacial score (nSPS) is 12.1. The van der Waals surface area contributed by atoms with Crippen molar-refractivity contribution in [1.82, 2.24) is 19.1 Å². The second-order valence-corrected chi connectivity index (χ2v) is 6.76. The molecule has 0 amide bonds. The molecule has 0 spiro atoms. The van der Waals surface area contributed by atoms with Gasteiger partial charge in [0.1, 0.15) is 6.33 Å². The third-order valence-electron chi connectivity index (χ3n) is 3.19. The first-order valence-electron chi connectivity index (χ1n) is 7.09. The van der Waals surface area contributed by atoms with Gasteiger partial charge < -0.3 is 5.73 Å². The van der Waals surface area contributed by atoms with Crippen LogP contribution in [0.5, 0.6) is 0 Å². The molecule has 118 valence electrons. The monoisotopic (exact) mass is 327 g/mol. The summed E-state index contributed by atoms with van der Waals surface area (Å²) in [7, 11) is 0. The van der Waals surface area contributed by atoms with E-state index in [1.807, 2.05) is 30.3 Å². The fourth-order valence-electron chi connectivity index (χ4n) is 2.10. The smallest absolute Gasteiger partial charge is 0.249 e. The summed E-state index contributed by atoms with van der Waals surface area (Å²) in [5.74, 6) is 0.453. The molecular formula is C15H17N7S. The van der Waals surface area contributed by atoms with Gasteiger partial charge in [-0.1, -0.05) is 39.0 Å². The van der Waals surface area contributed by atoms with Gasteiger partial charge in [-0.05, 0) is 12.1 Å². The number of hydrogen-bond acceptors (Lipinski definition) is 7. The minimum Gasteiger partial charge on any atom is -0.382 e. The maximum absolute atomic E-state index is 6.29. The molecule has 0 unspecified atom stereocenters. The van der Waals surface area contributed by atoms with Gasteiger partial charge in [0.05, 0.1) is 11.4 Å². The first-order valence-corrected chi connectivity index (χ1v) is 7.87. The standard InChI is InChI=1S/C15H17N7S/c1-15(2,3)12-11(19-20-14-17-9-18-23-14)13(16)22(21-12)10-7-5-4-6-8-10/h4-9H,16H2,1-3H3. The zero-order chi connectivity index (χ0) is 16.4. The minimum atomic E-state index is -0.219. The highest BCUT2D eigenvalue weighted by Crippen LogP contribution is 2.37. The van der Waals surface area contributed by atoms with Gasteiger partial charge in [0.15, 0.2) is 11.5 Å². The number of nitrogen functional groups attached to an aromatic ring is 1. The van der Waals surface area contributed by atoms with Crippen LogP contribution in [0.15, 0.2) is 46.9 Å². The molecule has 23 heavy (non-hydrogen) atoms. The van der Waals surface area contributed by atoms with Crippen LogP contribution in [0.1, 0.15) is 26.5 Å². The third-order valence-corrected chi connectivity index (χ3v) is 3.74. The van der Waals surface area contributed by atoms with E-state index in [1.54, 1.807) is 4.68 Å². The van der Waals surface area contributed by atoms with E-state index in [-0.39, 0.29) is 5.41 Å². The molecule has 0 fully saturated rings. The van der Waals surface area contributed by atoms with Crippen LogP contribution in [0, 0.1) is 0 Å². The number of rotatable bonds is 3. The van der Waals surface area contributed by atoms with Gasteiger partial charge in [-0.3, -0.25) is 0 Å². The van der Waals surface area contributed by atoms with Crippen molar-refractivity contribution in [3.8, 4) is 5.69 Å². The molecule has 2 heterocycles. The summed E-state index contributed by atoms with van der Waals surface area (Å²) in [6, 6.07) is 9.72. The van der Waals surface area contributed by atoms with Gasteiger partial charge >= 0.3 is 0 Å². The highest BCUT2D eigenvalue weighted by Gasteiger charge is 2.26. The summed E-state index contributed by atoms with van der Waals surface area (Å²) in [5.41, 5.74) is 8.30. The van der Waals surface area contributed by atoms with Crippen LogP contribution in [-0.4, -0.2) is 19.1 Å². The first-order chi connectivity index (χ1) is 11.0. The molecule has 0 radical (unpaired) electrons. The molecule has 1 aromatic carbocycles. The molecule has 2 N–H and O–H groups in total. The van der Waals surface area contributed by atoms with Crippen LogP contribution in [0.4, 0.5) is 16.6 Å². The largest absolute Gasteiger partial charge is 0.382 e. The topological polar surface area (TPSA) is 94.3 Å². The summed E-state index contributed by atoms with van der Waals surface area (Å²) in [6.45, 7) is 6.19. The maximum Gasteiger partial charge on any atom is 0.249 e. The Kier molecular flexibility index (Phi) is 3.91. The van der Waals surface area contributed by atoms with Gasteiger partial charge in [0, 0.05) is 16.9 Å². The molecule has 0 aliphatic heterocycles. The highest BCUT2D eigenvalue weighted by atomic mass is 32.1. The number of hydrogen-bond donors (Lipinski definition) is 1. The molecule has 0 aliphatic carbocycles. The molecule has 0 saturated carbocycles. The summed E-state index contributed by atoms with van der Waals surface area (Å²) in [4.78, 5) is 4.00. The third kappa shape index (κ3) is 3.11. The molecule has 2 aromatic heterocycles. The predicted molar refractivity (Wildman–Crippen MR) is 90.8 cm³/mol. The van der Waals surface area contributed by atoms with Gasteiger partial charge in [-0.15, -0.1) is 10.2 Å². The number of nitrogens with two attached hydrogens (primary N) is 1. The maximum atomic E-state index is 6.29. The average molecular weight is 327 g/mol. The quantitative estimate of drug-likeness (QED) is 0.735. The fourth-order valence-corrected chi connectivity index (χ4v) is 2.46. The fraction of sp³-hybridized carbons (Fsp3) is 0.267. The zero-order valence-electron chi connectivity index (χ0n) is 13.1. The Morgan fingerprint density at radius 2 is 1.87 bits per heavy atom. The number of azo groups is 1. The zero-order valence-corrected chi connectivity index (χ0v) is 13.9. The van der Waals surface area contributed by atoms with Crippen molar-refractivity contribution in [2.75, 3.05) is 5.73 Å². The van der Waals surface area contributed by atoms with Crippen molar-refractivity contribution in [1.29, 1.82) is 0 Å². The van der Waals surface area contributed by atoms with Crippen LogP contribution in [-0.2, 0) is 5.41 Å². The lowest BCUT2D eigenvalue weighted by molar-refractivity contribution is 0.561. The second kappa shape index (κ2) is 5.88. The molecular weight excluding hydrogens is 310 g/mol. The minimum absolute atomic E-state index is 0.219. The second-order valence-electron chi connectivity index (χ2n) is 6.00. The van der Waals surface area contributed by atoms with Crippen molar-refractivity contribution in [2.24, 2.45) is 10.2 Å². The molecule has 0 bridgehead atoms. The molecule has 8 heteroatoms. The van der Waals surface area contributed by atoms with E-state index in [1.165, 1.54) is 17.9 Å². The molecule has 0 atom stereocenters. The van der Waals surface area contributed by atoms with Crippen molar-refractivity contribution >= 4 is 28.2 Å². The predicted octanol–water partition coefficient (Wildman–Crippen LogP) is 4.02. The van der Waals surface area contributed by atoms with Crippen LogP contribution in [0.3, 0.4) is 0 Å². The molecule has 3 rings (SSSR count). The van der Waals surface area contributed by atoms with E-state index in [0.717, 1.165) is 11.4 Å². The Labute approximate surface area is 138 Å². The van der Waals surface area contributed by atoms with Gasteiger partial charge in [-0.2, -0.15) is 9.47 Å². The van der Waals surface area contributed by atoms with Crippen LogP contribution < -0.4 is 5.73 Å². The van der Waals surface area contributed by atoms with E-state index in [2.05, 4.69) is 45.5 Å². The Morgan fingerprint density at radius 3 is 2.48 bits per heavy atom. The van der Waals surface area contributed by atoms with Crippen molar-refractivity contribution in [3.63, 3.8) is 0 Å². The van der Waals surface area contributed by atoms with Gasteiger partial charge in [0.2, 0.25) is 5.13 Å². The van der Waals surface area contributed by atoms with E-state index in [4.69, 9.17) is 5.73 Å². The SMILES string of the molecule is CC(C)(C)c1nn(-c2ccccc2)c(N)c1N=Nc1ncns1. The van der Waals surface area contributed by atoms with E-state index < -0.39 is 0 Å². The Hall–Kier alpha value is -2.61. The van der Waals surface area contributed by atoms with Crippen molar-refractivity contribution in [3.05, 3.63) is 42.4 Å². The number of benzene rings is 1.